The second-order valence-corrected chi connectivity index (χ2v) is 8.36. The standard InChI is InChI=1S/C26H38N4O2/c1-6-10-22(4)26(32)30(24-19-27-14-13-21(24)3)17-15-28-25(29(5)16-9-18-31)23-12-8-7-11-20(23)2/h7-8,11-14,19,22,31H,6,9-10,15-18H2,1-5H3. The number of aliphatic hydroxyl groups is 1. The van der Waals surface area contributed by atoms with Gasteiger partial charge in [-0.3, -0.25) is 14.8 Å². The summed E-state index contributed by atoms with van der Waals surface area (Å²) in [6.45, 7) is 10.00. The van der Waals surface area contributed by atoms with Gasteiger partial charge in [0.2, 0.25) is 5.91 Å². The van der Waals surface area contributed by atoms with E-state index in [1.807, 2.05) is 44.0 Å². The molecule has 0 spiro atoms. The molecule has 2 aromatic rings. The first-order chi connectivity index (χ1) is 15.4. The summed E-state index contributed by atoms with van der Waals surface area (Å²) in [5.41, 5.74) is 4.10. The van der Waals surface area contributed by atoms with Crippen LogP contribution in [0.25, 0.3) is 0 Å². The Morgan fingerprint density at radius 3 is 2.56 bits per heavy atom. The molecule has 1 aromatic heterocycles. The highest BCUT2D eigenvalue weighted by atomic mass is 16.3. The lowest BCUT2D eigenvalue weighted by atomic mass is 10.0. The van der Waals surface area contributed by atoms with Crippen LogP contribution in [0.2, 0.25) is 0 Å². The Morgan fingerprint density at radius 2 is 1.91 bits per heavy atom. The minimum atomic E-state index is -0.0494. The van der Waals surface area contributed by atoms with E-state index >= 15 is 0 Å². The van der Waals surface area contributed by atoms with Gasteiger partial charge in [0.1, 0.15) is 5.84 Å². The molecule has 0 radical (unpaired) electrons. The van der Waals surface area contributed by atoms with Crippen molar-refractivity contribution in [3.05, 3.63) is 59.4 Å². The van der Waals surface area contributed by atoms with Gasteiger partial charge in [0.25, 0.3) is 0 Å². The summed E-state index contributed by atoms with van der Waals surface area (Å²) < 4.78 is 0. The number of aliphatic imine (C=N–C) groups is 1. The molecule has 0 bridgehead atoms. The minimum absolute atomic E-state index is 0.0494. The first-order valence-electron chi connectivity index (χ1n) is 11.5. The molecule has 0 aliphatic carbocycles. The van der Waals surface area contributed by atoms with Gasteiger partial charge in [0, 0.05) is 44.4 Å². The molecule has 2 rings (SSSR count). The summed E-state index contributed by atoms with van der Waals surface area (Å²) in [6, 6.07) is 10.1. The topological polar surface area (TPSA) is 69.0 Å². The third-order valence-electron chi connectivity index (χ3n) is 5.70. The third kappa shape index (κ3) is 6.89. The first-order valence-corrected chi connectivity index (χ1v) is 11.5. The zero-order valence-corrected chi connectivity index (χ0v) is 20.2. The van der Waals surface area contributed by atoms with E-state index in [1.165, 1.54) is 0 Å². The smallest absolute Gasteiger partial charge is 0.229 e. The number of pyridine rings is 1. The van der Waals surface area contributed by atoms with E-state index in [2.05, 4.69) is 35.9 Å². The maximum atomic E-state index is 13.3. The number of amides is 1. The van der Waals surface area contributed by atoms with Crippen molar-refractivity contribution in [1.29, 1.82) is 0 Å². The largest absolute Gasteiger partial charge is 0.396 e. The van der Waals surface area contributed by atoms with Crippen molar-refractivity contribution < 1.29 is 9.90 Å². The predicted octanol–water partition coefficient (Wildman–Crippen LogP) is 4.23. The fraction of sp³-hybridized carbons (Fsp3) is 0.500. The highest BCUT2D eigenvalue weighted by Gasteiger charge is 2.23. The van der Waals surface area contributed by atoms with Crippen molar-refractivity contribution in [3.8, 4) is 0 Å². The molecule has 32 heavy (non-hydrogen) atoms. The summed E-state index contributed by atoms with van der Waals surface area (Å²) in [5, 5.41) is 9.26. The molecule has 1 atom stereocenters. The summed E-state index contributed by atoms with van der Waals surface area (Å²) in [5.74, 6) is 0.948. The van der Waals surface area contributed by atoms with Crippen LogP contribution in [0.15, 0.2) is 47.7 Å². The van der Waals surface area contributed by atoms with Gasteiger partial charge < -0.3 is 14.9 Å². The number of benzene rings is 1. The molecule has 0 saturated carbocycles. The van der Waals surface area contributed by atoms with E-state index in [9.17, 15) is 9.90 Å². The predicted molar refractivity (Wildman–Crippen MR) is 132 cm³/mol. The van der Waals surface area contributed by atoms with Crippen LogP contribution in [0, 0.1) is 19.8 Å². The van der Waals surface area contributed by atoms with E-state index in [1.54, 1.807) is 12.4 Å². The van der Waals surface area contributed by atoms with Crippen LogP contribution >= 0.6 is 0 Å². The van der Waals surface area contributed by atoms with Crippen LogP contribution in [-0.2, 0) is 4.79 Å². The Morgan fingerprint density at radius 1 is 1.16 bits per heavy atom. The molecule has 1 amide bonds. The Kier molecular flexibility index (Phi) is 10.3. The van der Waals surface area contributed by atoms with Crippen LogP contribution in [0.3, 0.4) is 0 Å². The highest BCUT2D eigenvalue weighted by Crippen LogP contribution is 2.22. The lowest BCUT2D eigenvalue weighted by Gasteiger charge is -2.27. The molecule has 1 unspecified atom stereocenters. The summed E-state index contributed by atoms with van der Waals surface area (Å²) >= 11 is 0. The molecule has 0 aliphatic rings. The van der Waals surface area contributed by atoms with Crippen molar-refractivity contribution in [2.75, 3.05) is 38.2 Å². The molecule has 0 fully saturated rings. The monoisotopic (exact) mass is 438 g/mol. The molecular formula is C26H38N4O2. The lowest BCUT2D eigenvalue weighted by Crippen LogP contribution is -2.38. The number of nitrogens with zero attached hydrogens (tertiary/aromatic N) is 4. The molecule has 1 N–H and O–H groups in total. The Labute approximate surface area is 193 Å². The van der Waals surface area contributed by atoms with Crippen LogP contribution < -0.4 is 4.90 Å². The molecule has 1 aromatic carbocycles. The van der Waals surface area contributed by atoms with E-state index in [0.29, 0.717) is 26.1 Å². The Hall–Kier alpha value is -2.73. The Balaban J connectivity index is 2.32. The van der Waals surface area contributed by atoms with Crippen molar-refractivity contribution in [2.24, 2.45) is 10.9 Å². The maximum absolute atomic E-state index is 13.3. The summed E-state index contributed by atoms with van der Waals surface area (Å²) in [6.07, 6.45) is 6.02. The minimum Gasteiger partial charge on any atom is -0.396 e. The van der Waals surface area contributed by atoms with E-state index in [0.717, 1.165) is 41.1 Å². The maximum Gasteiger partial charge on any atom is 0.229 e. The van der Waals surface area contributed by atoms with E-state index in [-0.39, 0.29) is 18.4 Å². The van der Waals surface area contributed by atoms with Gasteiger partial charge in [-0.2, -0.15) is 0 Å². The highest BCUT2D eigenvalue weighted by molar-refractivity contribution is 6.00. The number of amidine groups is 1. The number of anilines is 1. The fourth-order valence-electron chi connectivity index (χ4n) is 3.82. The second-order valence-electron chi connectivity index (χ2n) is 8.36. The zero-order chi connectivity index (χ0) is 23.5. The second kappa shape index (κ2) is 13.0. The number of carbonyl (C=O) groups excluding carboxylic acids is 1. The van der Waals surface area contributed by atoms with Crippen molar-refractivity contribution in [1.82, 2.24) is 9.88 Å². The Bertz CT molecular complexity index is 897. The van der Waals surface area contributed by atoms with Gasteiger partial charge in [0.15, 0.2) is 0 Å². The van der Waals surface area contributed by atoms with Crippen molar-refractivity contribution in [2.45, 2.75) is 47.0 Å². The van der Waals surface area contributed by atoms with Crippen LogP contribution in [0.4, 0.5) is 5.69 Å². The molecule has 174 valence electrons. The number of carbonyl (C=O) groups is 1. The molecule has 6 heteroatoms. The van der Waals surface area contributed by atoms with E-state index < -0.39 is 0 Å². The van der Waals surface area contributed by atoms with Crippen molar-refractivity contribution >= 4 is 17.4 Å². The first kappa shape index (κ1) is 25.5. The summed E-state index contributed by atoms with van der Waals surface area (Å²) in [4.78, 5) is 26.4. The quantitative estimate of drug-likeness (QED) is 0.421. The van der Waals surface area contributed by atoms with Gasteiger partial charge in [0.05, 0.1) is 18.4 Å². The van der Waals surface area contributed by atoms with Crippen LogP contribution in [0.5, 0.6) is 0 Å². The number of hydrogen-bond acceptors (Lipinski definition) is 4. The molecule has 0 saturated heterocycles. The molecular weight excluding hydrogens is 400 g/mol. The van der Waals surface area contributed by atoms with Crippen LogP contribution in [-0.4, -0.2) is 60.0 Å². The number of aromatic nitrogens is 1. The van der Waals surface area contributed by atoms with Gasteiger partial charge in [-0.1, -0.05) is 44.5 Å². The molecule has 1 heterocycles. The SMILES string of the molecule is CCCC(C)C(=O)N(CCN=C(c1ccccc1C)N(C)CCCO)c1cnccc1C. The number of hydrogen-bond donors (Lipinski definition) is 1. The molecule has 0 aliphatic heterocycles. The van der Waals surface area contributed by atoms with E-state index in [4.69, 9.17) is 4.99 Å². The normalized spacial score (nSPS) is 12.5. The van der Waals surface area contributed by atoms with Gasteiger partial charge in [-0.25, -0.2) is 0 Å². The fourth-order valence-corrected chi connectivity index (χ4v) is 3.82. The average Bonchev–Trinajstić information content (AvgIpc) is 2.79. The lowest BCUT2D eigenvalue weighted by molar-refractivity contribution is -0.122. The number of rotatable bonds is 11. The third-order valence-corrected chi connectivity index (χ3v) is 5.70. The van der Waals surface area contributed by atoms with Gasteiger partial charge in [-0.15, -0.1) is 0 Å². The summed E-state index contributed by atoms with van der Waals surface area (Å²) in [7, 11) is 2.00. The van der Waals surface area contributed by atoms with Gasteiger partial charge in [-0.05, 0) is 43.9 Å². The van der Waals surface area contributed by atoms with Gasteiger partial charge >= 0.3 is 0 Å². The number of aliphatic hydroxyl groups excluding tert-OH is 1. The van der Waals surface area contributed by atoms with Crippen molar-refractivity contribution in [3.63, 3.8) is 0 Å². The van der Waals surface area contributed by atoms with Crippen LogP contribution in [0.1, 0.15) is 49.8 Å². The average molecular weight is 439 g/mol. The number of aryl methyl sites for hydroxylation is 2. The zero-order valence-electron chi connectivity index (χ0n) is 20.2. The molecule has 6 nitrogen and oxygen atoms in total.